The van der Waals surface area contributed by atoms with E-state index in [1.807, 2.05) is 19.9 Å². The van der Waals surface area contributed by atoms with Gasteiger partial charge in [0.2, 0.25) is 5.95 Å². The summed E-state index contributed by atoms with van der Waals surface area (Å²) in [4.78, 5) is 16.6. The number of carbonyl (C=O) groups excluding carboxylic acids is 1. The summed E-state index contributed by atoms with van der Waals surface area (Å²) >= 11 is 15.5. The normalized spacial score (nSPS) is 11.1. The second kappa shape index (κ2) is 8.81. The van der Waals surface area contributed by atoms with E-state index < -0.39 is 5.91 Å². The fourth-order valence-corrected chi connectivity index (χ4v) is 3.53. The van der Waals surface area contributed by atoms with Crippen molar-refractivity contribution in [2.75, 3.05) is 5.32 Å². The molecular formula is C19H17BrCl2N8O. The Bertz CT molecular complexity index is 1260. The molecule has 0 bridgehead atoms. The molecule has 0 atom stereocenters. The molecule has 0 aliphatic rings. The van der Waals surface area contributed by atoms with Crippen LogP contribution in [0.15, 0.2) is 41.3 Å². The van der Waals surface area contributed by atoms with Gasteiger partial charge in [-0.15, -0.1) is 5.10 Å². The van der Waals surface area contributed by atoms with Gasteiger partial charge in [-0.3, -0.25) is 14.8 Å². The van der Waals surface area contributed by atoms with Gasteiger partial charge in [0.25, 0.3) is 5.91 Å². The lowest BCUT2D eigenvalue weighted by atomic mass is 10.2. The van der Waals surface area contributed by atoms with Crippen LogP contribution in [0.5, 0.6) is 0 Å². The lowest BCUT2D eigenvalue weighted by Gasteiger charge is -2.04. The first-order chi connectivity index (χ1) is 14.8. The Balaban J connectivity index is 1.40. The van der Waals surface area contributed by atoms with Crippen LogP contribution in [0.4, 0.5) is 5.95 Å². The number of nitrogens with zero attached hydrogens (tertiary/aromatic N) is 7. The third-order valence-corrected chi connectivity index (χ3v) is 6.42. The Hall–Kier alpha value is -2.69. The van der Waals surface area contributed by atoms with Crippen LogP contribution in [0.2, 0.25) is 10.0 Å². The Kier molecular flexibility index (Phi) is 6.12. The van der Waals surface area contributed by atoms with Crippen LogP contribution < -0.4 is 5.32 Å². The first-order valence-electron chi connectivity index (χ1n) is 9.18. The van der Waals surface area contributed by atoms with Crippen LogP contribution in [-0.4, -0.2) is 40.2 Å². The number of benzene rings is 1. The van der Waals surface area contributed by atoms with Crippen molar-refractivity contribution in [1.29, 1.82) is 0 Å². The highest BCUT2D eigenvalue weighted by Crippen LogP contribution is 2.23. The quantitative estimate of drug-likeness (QED) is 0.409. The van der Waals surface area contributed by atoms with Gasteiger partial charge in [-0.1, -0.05) is 29.3 Å². The largest absolute Gasteiger partial charge is 0.288 e. The summed E-state index contributed by atoms with van der Waals surface area (Å²) in [7, 11) is 0. The summed E-state index contributed by atoms with van der Waals surface area (Å²) in [6.07, 6.45) is 3.24. The molecule has 9 nitrogen and oxygen atoms in total. The van der Waals surface area contributed by atoms with Crippen LogP contribution in [0, 0.1) is 13.8 Å². The number of carbonyl (C=O) groups is 1. The standard InChI is InChI=1S/C19H17BrCl2N8O/c1-11-17(20)12(2)30(25-11)10-28-6-5-16(26-28)18(31)24-19-23-9-29(27-19)8-13-3-4-14(21)15(22)7-13/h3-7,9H,8,10H2,1-2H3,(H,24,27,31). The molecule has 0 fully saturated rings. The monoisotopic (exact) mass is 522 g/mol. The zero-order chi connectivity index (χ0) is 22.1. The fourth-order valence-electron chi connectivity index (χ4n) is 2.93. The van der Waals surface area contributed by atoms with Gasteiger partial charge in [0.1, 0.15) is 13.0 Å². The molecule has 3 heterocycles. The number of anilines is 1. The van der Waals surface area contributed by atoms with Gasteiger partial charge < -0.3 is 0 Å². The predicted molar refractivity (Wildman–Crippen MR) is 121 cm³/mol. The van der Waals surface area contributed by atoms with E-state index in [1.54, 1.807) is 38.4 Å². The molecule has 31 heavy (non-hydrogen) atoms. The minimum atomic E-state index is -0.402. The SMILES string of the molecule is Cc1nn(Cn2ccc(C(=O)Nc3ncn(Cc4ccc(Cl)c(Cl)c4)n3)n2)c(C)c1Br. The summed E-state index contributed by atoms with van der Waals surface area (Å²) in [5.41, 5.74) is 3.04. The van der Waals surface area contributed by atoms with Crippen molar-refractivity contribution < 1.29 is 4.79 Å². The van der Waals surface area contributed by atoms with Crippen molar-refractivity contribution in [2.45, 2.75) is 27.1 Å². The molecule has 0 radical (unpaired) electrons. The molecule has 0 spiro atoms. The topological polar surface area (TPSA) is 95.5 Å². The molecule has 1 amide bonds. The average Bonchev–Trinajstić information content (AvgIpc) is 3.43. The molecule has 0 saturated carbocycles. The van der Waals surface area contributed by atoms with Crippen molar-refractivity contribution in [3.05, 3.63) is 74.0 Å². The van der Waals surface area contributed by atoms with Gasteiger partial charge in [0.05, 0.1) is 32.5 Å². The third-order valence-electron chi connectivity index (χ3n) is 4.54. The molecule has 1 aromatic carbocycles. The predicted octanol–water partition coefficient (Wildman–Crippen LogP) is 4.16. The van der Waals surface area contributed by atoms with Crippen LogP contribution in [0.1, 0.15) is 27.4 Å². The number of amides is 1. The van der Waals surface area contributed by atoms with Crippen molar-refractivity contribution in [3.8, 4) is 0 Å². The molecular weight excluding hydrogens is 507 g/mol. The molecule has 4 aromatic rings. The molecule has 0 unspecified atom stereocenters. The maximum absolute atomic E-state index is 12.5. The van der Waals surface area contributed by atoms with Crippen molar-refractivity contribution in [3.63, 3.8) is 0 Å². The maximum Gasteiger partial charge on any atom is 0.278 e. The van der Waals surface area contributed by atoms with E-state index in [9.17, 15) is 4.79 Å². The first kappa shape index (κ1) is 21.5. The Morgan fingerprint density at radius 1 is 1.10 bits per heavy atom. The average molecular weight is 524 g/mol. The number of hydrogen-bond donors (Lipinski definition) is 1. The molecule has 4 rings (SSSR count). The number of nitrogens with one attached hydrogen (secondary N) is 1. The first-order valence-corrected chi connectivity index (χ1v) is 10.7. The van der Waals surface area contributed by atoms with Gasteiger partial charge in [-0.25, -0.2) is 14.3 Å². The number of hydrogen-bond acceptors (Lipinski definition) is 5. The zero-order valence-electron chi connectivity index (χ0n) is 16.6. The summed E-state index contributed by atoms with van der Waals surface area (Å²) in [6, 6.07) is 6.96. The van der Waals surface area contributed by atoms with Crippen LogP contribution >= 0.6 is 39.1 Å². The number of halogens is 3. The fraction of sp³-hybridized carbons (Fsp3) is 0.211. The second-order valence-corrected chi connectivity index (χ2v) is 8.44. The molecule has 1 N–H and O–H groups in total. The lowest BCUT2D eigenvalue weighted by Crippen LogP contribution is -2.16. The summed E-state index contributed by atoms with van der Waals surface area (Å²) in [5.74, 6) is -0.220. The van der Waals surface area contributed by atoms with Crippen molar-refractivity contribution in [2.24, 2.45) is 0 Å². The third kappa shape index (κ3) is 4.81. The molecule has 0 aliphatic heterocycles. The van der Waals surface area contributed by atoms with Gasteiger partial charge in [0.15, 0.2) is 5.69 Å². The Labute approximate surface area is 196 Å². The van der Waals surface area contributed by atoms with Gasteiger partial charge in [-0.2, -0.15) is 10.2 Å². The highest BCUT2D eigenvalue weighted by Gasteiger charge is 2.14. The van der Waals surface area contributed by atoms with E-state index in [2.05, 4.69) is 41.5 Å². The van der Waals surface area contributed by atoms with Gasteiger partial charge >= 0.3 is 0 Å². The number of aryl methyl sites for hydroxylation is 1. The van der Waals surface area contributed by atoms with Gasteiger partial charge in [0, 0.05) is 6.20 Å². The van der Waals surface area contributed by atoms with Crippen LogP contribution in [0.3, 0.4) is 0 Å². The van der Waals surface area contributed by atoms with E-state index in [4.69, 9.17) is 23.2 Å². The van der Waals surface area contributed by atoms with E-state index in [0.29, 0.717) is 23.3 Å². The van der Waals surface area contributed by atoms with E-state index in [0.717, 1.165) is 21.4 Å². The Morgan fingerprint density at radius 2 is 1.90 bits per heavy atom. The smallest absolute Gasteiger partial charge is 0.278 e. The highest BCUT2D eigenvalue weighted by molar-refractivity contribution is 9.10. The molecule has 0 aliphatic carbocycles. The number of rotatable bonds is 6. The summed E-state index contributed by atoms with van der Waals surface area (Å²) in [6.45, 7) is 4.71. The second-order valence-electron chi connectivity index (χ2n) is 6.83. The number of aromatic nitrogens is 7. The summed E-state index contributed by atoms with van der Waals surface area (Å²) in [5, 5.41) is 16.6. The Morgan fingerprint density at radius 3 is 2.61 bits per heavy atom. The highest BCUT2D eigenvalue weighted by atomic mass is 79.9. The van der Waals surface area contributed by atoms with Crippen molar-refractivity contribution >= 4 is 51.0 Å². The molecule has 0 saturated heterocycles. The van der Waals surface area contributed by atoms with Crippen molar-refractivity contribution in [1.82, 2.24) is 34.3 Å². The molecule has 3 aromatic heterocycles. The van der Waals surface area contributed by atoms with E-state index in [-0.39, 0.29) is 11.6 Å². The minimum Gasteiger partial charge on any atom is -0.288 e. The van der Waals surface area contributed by atoms with E-state index in [1.165, 1.54) is 6.33 Å². The molecule has 12 heteroatoms. The van der Waals surface area contributed by atoms with Gasteiger partial charge in [-0.05, 0) is 53.5 Å². The zero-order valence-corrected chi connectivity index (χ0v) is 19.6. The molecule has 160 valence electrons. The summed E-state index contributed by atoms with van der Waals surface area (Å²) < 4.78 is 5.99. The van der Waals surface area contributed by atoms with E-state index >= 15 is 0 Å². The van der Waals surface area contributed by atoms with Crippen LogP contribution in [0.25, 0.3) is 0 Å². The van der Waals surface area contributed by atoms with Crippen LogP contribution in [-0.2, 0) is 13.2 Å². The maximum atomic E-state index is 12.5. The minimum absolute atomic E-state index is 0.182. The lowest BCUT2D eigenvalue weighted by molar-refractivity contribution is 0.102.